The second-order valence-electron chi connectivity index (χ2n) is 2.53. The predicted octanol–water partition coefficient (Wildman–Crippen LogP) is -0.246. The number of rotatable bonds is 3. The third-order valence-corrected chi connectivity index (χ3v) is 1.53. The van der Waals surface area contributed by atoms with Gasteiger partial charge in [-0.3, -0.25) is 9.59 Å². The highest BCUT2D eigenvalue weighted by atomic mass is 16.7. The molecule has 6 nitrogen and oxygen atoms in total. The van der Waals surface area contributed by atoms with E-state index in [9.17, 15) is 14.4 Å². The van der Waals surface area contributed by atoms with Gasteiger partial charge in [0, 0.05) is 12.8 Å². The van der Waals surface area contributed by atoms with E-state index in [0.717, 1.165) is 12.3 Å². The maximum Gasteiger partial charge on any atom is 0.359 e. The van der Waals surface area contributed by atoms with E-state index >= 15 is 0 Å². The quantitative estimate of drug-likeness (QED) is 0.356. The van der Waals surface area contributed by atoms with Crippen LogP contribution in [0.15, 0.2) is 12.3 Å². The van der Waals surface area contributed by atoms with Crippen molar-refractivity contribution in [1.82, 2.24) is 5.06 Å². The standard InChI is InChI=1S/C8H9NO5/c1-13-5-4-8(12)14-9-6(10)2-3-7(9)11/h4-5H,2-3H2,1H3. The fraction of sp³-hybridized carbons (Fsp3) is 0.375. The lowest BCUT2D eigenvalue weighted by Gasteiger charge is -2.10. The van der Waals surface area contributed by atoms with Crippen LogP contribution in [0.1, 0.15) is 12.8 Å². The van der Waals surface area contributed by atoms with Crippen molar-refractivity contribution in [3.05, 3.63) is 12.3 Å². The maximum absolute atomic E-state index is 11.0. The van der Waals surface area contributed by atoms with Gasteiger partial charge >= 0.3 is 5.97 Å². The van der Waals surface area contributed by atoms with Gasteiger partial charge in [0.15, 0.2) is 0 Å². The van der Waals surface area contributed by atoms with Crippen LogP contribution >= 0.6 is 0 Å². The Morgan fingerprint density at radius 1 is 1.36 bits per heavy atom. The van der Waals surface area contributed by atoms with Gasteiger partial charge < -0.3 is 9.57 Å². The fourth-order valence-corrected chi connectivity index (χ4v) is 0.902. The summed E-state index contributed by atoms with van der Waals surface area (Å²) in [5.74, 6) is -1.83. The van der Waals surface area contributed by atoms with Crippen molar-refractivity contribution >= 4 is 17.8 Å². The molecule has 6 heteroatoms. The SMILES string of the molecule is COC=CC(=O)ON1C(=O)CCC1=O. The number of imide groups is 1. The Kier molecular flexibility index (Phi) is 3.22. The van der Waals surface area contributed by atoms with Crippen molar-refractivity contribution < 1.29 is 24.0 Å². The zero-order valence-electron chi connectivity index (χ0n) is 7.56. The van der Waals surface area contributed by atoms with Gasteiger partial charge in [-0.05, 0) is 0 Å². The lowest BCUT2D eigenvalue weighted by Crippen LogP contribution is -2.31. The number of methoxy groups -OCH3 is 1. The molecule has 0 radical (unpaired) electrons. The zero-order valence-corrected chi connectivity index (χ0v) is 7.56. The molecule has 1 aliphatic rings. The van der Waals surface area contributed by atoms with Crippen LogP contribution < -0.4 is 0 Å². The van der Waals surface area contributed by atoms with Crippen molar-refractivity contribution in [2.24, 2.45) is 0 Å². The van der Waals surface area contributed by atoms with Crippen LogP contribution in [0.5, 0.6) is 0 Å². The lowest BCUT2D eigenvalue weighted by molar-refractivity contribution is -0.193. The Hall–Kier alpha value is -1.85. The van der Waals surface area contributed by atoms with Crippen molar-refractivity contribution in [3.63, 3.8) is 0 Å². The van der Waals surface area contributed by atoms with Crippen LogP contribution in [0, 0.1) is 0 Å². The van der Waals surface area contributed by atoms with E-state index < -0.39 is 17.8 Å². The van der Waals surface area contributed by atoms with E-state index in [0.29, 0.717) is 5.06 Å². The topological polar surface area (TPSA) is 72.9 Å². The van der Waals surface area contributed by atoms with Gasteiger partial charge in [0.25, 0.3) is 11.8 Å². The fourth-order valence-electron chi connectivity index (χ4n) is 0.902. The van der Waals surface area contributed by atoms with Gasteiger partial charge in [-0.1, -0.05) is 0 Å². The average Bonchev–Trinajstić information content (AvgIpc) is 2.46. The van der Waals surface area contributed by atoms with Gasteiger partial charge in [0.1, 0.15) is 0 Å². The molecule has 1 aliphatic heterocycles. The van der Waals surface area contributed by atoms with E-state index in [1.54, 1.807) is 0 Å². The molecule has 0 bridgehead atoms. The first-order chi connectivity index (χ1) is 6.65. The Morgan fingerprint density at radius 3 is 2.43 bits per heavy atom. The van der Waals surface area contributed by atoms with Gasteiger partial charge in [-0.15, -0.1) is 5.06 Å². The van der Waals surface area contributed by atoms with Crippen LogP contribution in [0.3, 0.4) is 0 Å². The number of carbonyl (C=O) groups excluding carboxylic acids is 3. The van der Waals surface area contributed by atoms with Gasteiger partial charge in [0.2, 0.25) is 0 Å². The molecule has 0 spiro atoms. The summed E-state index contributed by atoms with van der Waals surface area (Å²) in [6.07, 6.45) is 2.23. The molecule has 76 valence electrons. The van der Waals surface area contributed by atoms with Gasteiger partial charge in [-0.25, -0.2) is 4.79 Å². The minimum absolute atomic E-state index is 0.0834. The number of amides is 2. The molecule has 0 N–H and O–H groups in total. The molecule has 0 aromatic carbocycles. The number of ether oxygens (including phenoxy) is 1. The molecule has 0 aliphatic carbocycles. The number of hydroxylamine groups is 2. The first-order valence-electron chi connectivity index (χ1n) is 3.92. The second kappa shape index (κ2) is 4.40. The molecular weight excluding hydrogens is 190 g/mol. The second-order valence-corrected chi connectivity index (χ2v) is 2.53. The third-order valence-electron chi connectivity index (χ3n) is 1.53. The minimum atomic E-state index is -0.824. The predicted molar refractivity (Wildman–Crippen MR) is 43.3 cm³/mol. The van der Waals surface area contributed by atoms with Gasteiger partial charge in [-0.2, -0.15) is 0 Å². The molecule has 0 aromatic heterocycles. The number of hydrogen-bond acceptors (Lipinski definition) is 5. The summed E-state index contributed by atoms with van der Waals surface area (Å²) >= 11 is 0. The lowest BCUT2D eigenvalue weighted by atomic mass is 10.4. The molecule has 1 heterocycles. The minimum Gasteiger partial charge on any atom is -0.504 e. The monoisotopic (exact) mass is 199 g/mol. The third kappa shape index (κ3) is 2.32. The zero-order chi connectivity index (χ0) is 10.6. The number of nitrogens with zero attached hydrogens (tertiary/aromatic N) is 1. The van der Waals surface area contributed by atoms with Crippen molar-refractivity contribution in [1.29, 1.82) is 0 Å². The molecule has 1 rings (SSSR count). The Balaban J connectivity index is 2.51. The van der Waals surface area contributed by atoms with Gasteiger partial charge in [0.05, 0.1) is 19.4 Å². The van der Waals surface area contributed by atoms with E-state index in [1.807, 2.05) is 0 Å². The summed E-state index contributed by atoms with van der Waals surface area (Å²) in [5, 5.41) is 0.475. The van der Waals surface area contributed by atoms with Crippen molar-refractivity contribution in [3.8, 4) is 0 Å². The smallest absolute Gasteiger partial charge is 0.359 e. The maximum atomic E-state index is 11.0. The van der Waals surface area contributed by atoms with Crippen LogP contribution in [-0.4, -0.2) is 30.0 Å². The number of hydrogen-bond donors (Lipinski definition) is 0. The highest BCUT2D eigenvalue weighted by molar-refractivity contribution is 6.02. The summed E-state index contributed by atoms with van der Waals surface area (Å²) in [5.41, 5.74) is 0. The van der Waals surface area contributed by atoms with Crippen molar-refractivity contribution in [2.75, 3.05) is 7.11 Å². The van der Waals surface area contributed by atoms with Crippen LogP contribution in [0.2, 0.25) is 0 Å². The highest BCUT2D eigenvalue weighted by Crippen LogP contribution is 2.11. The van der Waals surface area contributed by atoms with E-state index in [2.05, 4.69) is 9.57 Å². The largest absolute Gasteiger partial charge is 0.504 e. The van der Waals surface area contributed by atoms with Crippen molar-refractivity contribution in [2.45, 2.75) is 12.8 Å². The molecule has 0 atom stereocenters. The molecular formula is C8H9NO5. The van der Waals surface area contributed by atoms with E-state index in [4.69, 9.17) is 0 Å². The molecule has 0 unspecified atom stereocenters. The summed E-state index contributed by atoms with van der Waals surface area (Å²) in [4.78, 5) is 37.3. The molecule has 0 aromatic rings. The van der Waals surface area contributed by atoms with Crippen LogP contribution in [0.4, 0.5) is 0 Å². The Labute approximate surface area is 80.0 Å². The first-order valence-corrected chi connectivity index (χ1v) is 3.92. The number of carbonyl (C=O) groups is 3. The molecule has 1 saturated heterocycles. The molecule has 1 fully saturated rings. The summed E-state index contributed by atoms with van der Waals surface area (Å²) < 4.78 is 4.46. The summed E-state index contributed by atoms with van der Waals surface area (Å²) in [7, 11) is 1.36. The highest BCUT2D eigenvalue weighted by Gasteiger charge is 2.32. The van der Waals surface area contributed by atoms with E-state index in [-0.39, 0.29) is 12.8 Å². The first kappa shape index (κ1) is 10.2. The Morgan fingerprint density at radius 2 is 1.93 bits per heavy atom. The summed E-state index contributed by atoms with van der Waals surface area (Å²) in [6, 6.07) is 0. The summed E-state index contributed by atoms with van der Waals surface area (Å²) in [6.45, 7) is 0. The molecule has 14 heavy (non-hydrogen) atoms. The molecule has 2 amide bonds. The van der Waals surface area contributed by atoms with Crippen LogP contribution in [-0.2, 0) is 24.0 Å². The average molecular weight is 199 g/mol. The van der Waals surface area contributed by atoms with Crippen LogP contribution in [0.25, 0.3) is 0 Å². The normalized spacial score (nSPS) is 16.5. The molecule has 0 saturated carbocycles. The van der Waals surface area contributed by atoms with E-state index in [1.165, 1.54) is 7.11 Å². The Bertz CT molecular complexity index is 280.